The molecular formula is C18H20N2O3S. The van der Waals surface area contributed by atoms with Crippen molar-refractivity contribution in [1.29, 1.82) is 0 Å². The van der Waals surface area contributed by atoms with Crippen LogP contribution in [-0.2, 0) is 4.79 Å². The molecule has 2 aromatic rings. The van der Waals surface area contributed by atoms with Crippen LogP contribution in [0.4, 0.5) is 0 Å². The van der Waals surface area contributed by atoms with Gasteiger partial charge in [0.25, 0.3) is 5.91 Å². The number of thiophene rings is 1. The van der Waals surface area contributed by atoms with Crippen molar-refractivity contribution in [3.8, 4) is 5.75 Å². The Bertz CT molecular complexity index is 758. The van der Waals surface area contributed by atoms with Crippen molar-refractivity contribution in [2.45, 2.75) is 31.8 Å². The van der Waals surface area contributed by atoms with Crippen molar-refractivity contribution in [2.24, 2.45) is 0 Å². The second kappa shape index (κ2) is 6.65. The minimum Gasteiger partial charge on any atom is -0.508 e. The molecule has 126 valence electrons. The number of likely N-dealkylation sites (tertiary alicyclic amines) is 1. The fourth-order valence-electron chi connectivity index (χ4n) is 3.04. The number of amides is 2. The quantitative estimate of drug-likeness (QED) is 0.899. The van der Waals surface area contributed by atoms with Gasteiger partial charge in [-0.05, 0) is 42.5 Å². The molecule has 1 aromatic heterocycles. The molecule has 2 heterocycles. The van der Waals surface area contributed by atoms with Crippen molar-refractivity contribution in [1.82, 2.24) is 10.2 Å². The topological polar surface area (TPSA) is 69.6 Å². The number of rotatable bonds is 3. The van der Waals surface area contributed by atoms with Crippen LogP contribution >= 0.6 is 11.3 Å². The summed E-state index contributed by atoms with van der Waals surface area (Å²) in [6.07, 6.45) is 1.03. The Hall–Kier alpha value is -2.34. The molecule has 1 aromatic carbocycles. The lowest BCUT2D eigenvalue weighted by Gasteiger charge is -2.38. The summed E-state index contributed by atoms with van der Waals surface area (Å²) in [6.45, 7) is 1.78. The molecule has 1 aliphatic heterocycles. The van der Waals surface area contributed by atoms with Crippen LogP contribution in [-0.4, -0.2) is 34.9 Å². The van der Waals surface area contributed by atoms with Gasteiger partial charge in [-0.2, -0.15) is 0 Å². The van der Waals surface area contributed by atoms with Crippen LogP contribution in [0.2, 0.25) is 0 Å². The number of piperidine rings is 1. The van der Waals surface area contributed by atoms with E-state index in [4.69, 9.17) is 0 Å². The first-order valence-electron chi connectivity index (χ1n) is 7.87. The van der Waals surface area contributed by atoms with E-state index in [1.165, 1.54) is 6.07 Å². The van der Waals surface area contributed by atoms with Gasteiger partial charge in [-0.25, -0.2) is 0 Å². The zero-order valence-corrected chi connectivity index (χ0v) is 14.5. The highest BCUT2D eigenvalue weighted by atomic mass is 32.1. The molecule has 2 atom stereocenters. The zero-order chi connectivity index (χ0) is 17.3. The van der Waals surface area contributed by atoms with E-state index in [9.17, 15) is 14.7 Å². The number of likely N-dealkylation sites (N-methyl/N-ethyl adjacent to an activating group) is 1. The summed E-state index contributed by atoms with van der Waals surface area (Å²) < 4.78 is 0. The molecule has 0 spiro atoms. The Labute approximate surface area is 144 Å². The maximum absolute atomic E-state index is 12.6. The smallest absolute Gasteiger partial charge is 0.251 e. The first-order valence-corrected chi connectivity index (χ1v) is 8.75. The lowest BCUT2D eigenvalue weighted by atomic mass is 9.94. The molecule has 3 rings (SSSR count). The number of carbonyl (C=O) groups is 2. The average Bonchev–Trinajstić information content (AvgIpc) is 3.07. The number of benzene rings is 1. The molecule has 0 radical (unpaired) electrons. The summed E-state index contributed by atoms with van der Waals surface area (Å²) in [5.41, 5.74) is 1.15. The number of phenolic OH excluding ortho intramolecular Hbond substituents is 1. The zero-order valence-electron chi connectivity index (χ0n) is 13.7. The van der Waals surface area contributed by atoms with E-state index in [2.05, 4.69) is 5.32 Å². The highest BCUT2D eigenvalue weighted by Gasteiger charge is 2.36. The molecule has 24 heavy (non-hydrogen) atoms. The van der Waals surface area contributed by atoms with E-state index in [1.807, 2.05) is 17.5 Å². The van der Waals surface area contributed by atoms with Crippen molar-refractivity contribution in [3.05, 3.63) is 51.7 Å². The number of nitrogens with one attached hydrogen (secondary N) is 1. The highest BCUT2D eigenvalue weighted by Crippen LogP contribution is 2.33. The summed E-state index contributed by atoms with van der Waals surface area (Å²) in [7, 11) is 1.78. The molecule has 0 unspecified atom stereocenters. The molecule has 6 heteroatoms. The summed E-state index contributed by atoms with van der Waals surface area (Å²) in [4.78, 5) is 27.4. The van der Waals surface area contributed by atoms with E-state index >= 15 is 0 Å². The predicted octanol–water partition coefficient (Wildman–Crippen LogP) is 2.85. The van der Waals surface area contributed by atoms with Crippen molar-refractivity contribution >= 4 is 23.2 Å². The Kier molecular flexibility index (Phi) is 4.57. The molecule has 2 amide bonds. The van der Waals surface area contributed by atoms with Gasteiger partial charge in [0.2, 0.25) is 5.91 Å². The van der Waals surface area contributed by atoms with Crippen LogP contribution in [0.1, 0.15) is 39.7 Å². The number of hydrogen-bond donors (Lipinski definition) is 2. The second-order valence-electron chi connectivity index (χ2n) is 6.08. The van der Waals surface area contributed by atoms with Gasteiger partial charge in [-0.3, -0.25) is 9.59 Å². The lowest BCUT2D eigenvalue weighted by Crippen LogP contribution is -2.50. The van der Waals surface area contributed by atoms with E-state index in [1.54, 1.807) is 42.3 Å². The van der Waals surface area contributed by atoms with E-state index < -0.39 is 0 Å². The summed E-state index contributed by atoms with van der Waals surface area (Å²) >= 11 is 1.58. The minimum absolute atomic E-state index is 0.0897. The third kappa shape index (κ3) is 3.14. The number of carbonyl (C=O) groups excluding carboxylic acids is 2. The molecule has 2 N–H and O–H groups in total. The maximum atomic E-state index is 12.6. The Balaban J connectivity index is 1.82. The van der Waals surface area contributed by atoms with Gasteiger partial charge >= 0.3 is 0 Å². The Morgan fingerprint density at radius 3 is 2.83 bits per heavy atom. The Morgan fingerprint density at radius 1 is 1.38 bits per heavy atom. The van der Waals surface area contributed by atoms with Gasteiger partial charge in [0.1, 0.15) is 5.75 Å². The standard InChI is InChI=1S/C18H20N2O3S/c1-11-5-6-12(10-14(11)21)18(23)19-13-7-8-16(22)20(2)17(13)15-4-3-9-24-15/h3-6,9-10,13,17,21H,7-8H2,1-2H3,(H,19,23)/t13-,17+/m0/s1. The lowest BCUT2D eigenvalue weighted by molar-refractivity contribution is -0.135. The molecule has 0 saturated carbocycles. The van der Waals surface area contributed by atoms with E-state index in [0.717, 1.165) is 10.4 Å². The summed E-state index contributed by atoms with van der Waals surface area (Å²) in [6, 6.07) is 8.52. The first kappa shape index (κ1) is 16.5. The molecular weight excluding hydrogens is 324 g/mol. The third-order valence-corrected chi connectivity index (χ3v) is 5.43. The summed E-state index contributed by atoms with van der Waals surface area (Å²) in [5, 5.41) is 14.8. The number of aromatic hydroxyl groups is 1. The maximum Gasteiger partial charge on any atom is 0.251 e. The number of aryl methyl sites for hydroxylation is 1. The normalized spacial score (nSPS) is 20.9. The highest BCUT2D eigenvalue weighted by molar-refractivity contribution is 7.10. The monoisotopic (exact) mass is 344 g/mol. The van der Waals surface area contributed by atoms with Crippen LogP contribution in [0.5, 0.6) is 5.75 Å². The summed E-state index contributed by atoms with van der Waals surface area (Å²) in [5.74, 6) is -0.0418. The average molecular weight is 344 g/mol. The van der Waals surface area contributed by atoms with Crippen molar-refractivity contribution < 1.29 is 14.7 Å². The van der Waals surface area contributed by atoms with E-state index in [0.29, 0.717) is 18.4 Å². The first-order chi connectivity index (χ1) is 11.5. The fourth-order valence-corrected chi connectivity index (χ4v) is 3.97. The molecule has 1 fully saturated rings. The van der Waals surface area contributed by atoms with Gasteiger partial charge in [0.05, 0.1) is 12.1 Å². The molecule has 0 bridgehead atoms. The van der Waals surface area contributed by atoms with Gasteiger partial charge in [-0.15, -0.1) is 11.3 Å². The fraction of sp³-hybridized carbons (Fsp3) is 0.333. The number of phenols is 1. The second-order valence-corrected chi connectivity index (χ2v) is 7.06. The van der Waals surface area contributed by atoms with Gasteiger partial charge in [0, 0.05) is 23.9 Å². The molecule has 0 aliphatic carbocycles. The minimum atomic E-state index is -0.236. The number of hydrogen-bond acceptors (Lipinski definition) is 4. The molecule has 1 saturated heterocycles. The van der Waals surface area contributed by atoms with E-state index in [-0.39, 0.29) is 29.6 Å². The number of nitrogens with zero attached hydrogens (tertiary/aromatic N) is 1. The van der Waals surface area contributed by atoms with Gasteiger partial charge in [0.15, 0.2) is 0 Å². The molecule has 1 aliphatic rings. The van der Waals surface area contributed by atoms with Gasteiger partial charge < -0.3 is 15.3 Å². The largest absolute Gasteiger partial charge is 0.508 e. The van der Waals surface area contributed by atoms with Crippen molar-refractivity contribution in [2.75, 3.05) is 7.05 Å². The third-order valence-electron chi connectivity index (χ3n) is 4.48. The predicted molar refractivity (Wildman–Crippen MR) is 93.2 cm³/mol. The van der Waals surface area contributed by atoms with Crippen LogP contribution in [0.3, 0.4) is 0 Å². The van der Waals surface area contributed by atoms with Gasteiger partial charge in [-0.1, -0.05) is 12.1 Å². The van der Waals surface area contributed by atoms with Crippen LogP contribution in [0.25, 0.3) is 0 Å². The Morgan fingerprint density at radius 2 is 2.17 bits per heavy atom. The SMILES string of the molecule is Cc1ccc(C(=O)N[C@H]2CCC(=O)N(C)[C@H]2c2cccs2)cc1O. The van der Waals surface area contributed by atoms with Crippen LogP contribution < -0.4 is 5.32 Å². The molecule has 5 nitrogen and oxygen atoms in total. The van der Waals surface area contributed by atoms with Crippen molar-refractivity contribution in [3.63, 3.8) is 0 Å². The van der Waals surface area contributed by atoms with Crippen LogP contribution in [0, 0.1) is 6.92 Å². The van der Waals surface area contributed by atoms with Crippen LogP contribution in [0.15, 0.2) is 35.7 Å².